The van der Waals surface area contributed by atoms with E-state index in [1.54, 1.807) is 18.9 Å². The number of ether oxygens (including phenoxy) is 1. The summed E-state index contributed by atoms with van der Waals surface area (Å²) in [5.74, 6) is 0.892. The van der Waals surface area contributed by atoms with E-state index in [9.17, 15) is 0 Å². The van der Waals surface area contributed by atoms with Crippen LogP contribution in [0.5, 0.6) is 5.75 Å². The van der Waals surface area contributed by atoms with Crippen LogP contribution in [-0.2, 0) is 0 Å². The van der Waals surface area contributed by atoms with Crippen LogP contribution in [0.4, 0.5) is 0 Å². The number of hydrogen-bond donors (Lipinski definition) is 0. The molecule has 1 nitrogen and oxygen atoms in total. The van der Waals surface area contributed by atoms with E-state index in [0.717, 1.165) is 10.6 Å². The van der Waals surface area contributed by atoms with Gasteiger partial charge in [-0.1, -0.05) is 0 Å². The van der Waals surface area contributed by atoms with Crippen LogP contribution < -0.4 is 4.74 Å². The molecule has 0 heterocycles. The molecule has 1 radical (unpaired) electrons. The van der Waals surface area contributed by atoms with Gasteiger partial charge in [0.1, 0.15) is 5.75 Å². The Morgan fingerprint density at radius 1 is 1.54 bits per heavy atom. The quantitative estimate of drug-likeness (QED) is 0.603. The summed E-state index contributed by atoms with van der Waals surface area (Å²) in [7, 11) is 1.67. The van der Waals surface area contributed by atoms with Gasteiger partial charge in [-0.2, -0.15) is 0 Å². The fourth-order valence-electron chi connectivity index (χ4n) is 0.670. The summed E-state index contributed by atoms with van der Waals surface area (Å²) in [4.78, 5) is 1.11. The van der Waals surface area contributed by atoms with Crippen molar-refractivity contribution in [2.24, 2.45) is 0 Å². The van der Waals surface area contributed by atoms with Crippen LogP contribution in [0.3, 0.4) is 0 Å². The Bertz CT molecular complexity index is 216. The van der Waals surface area contributed by atoms with Crippen LogP contribution in [0.1, 0.15) is 0 Å². The summed E-state index contributed by atoms with van der Waals surface area (Å²) < 4.78 is 5.02. The average molecular weight is 337 g/mol. The van der Waals surface area contributed by atoms with Crippen LogP contribution in [0.25, 0.3) is 0 Å². The molecule has 0 saturated carbocycles. The van der Waals surface area contributed by atoms with Gasteiger partial charge in [0.15, 0.2) is 0 Å². The average Bonchev–Trinajstić information content (AvgIpc) is 2.19. The van der Waals surface area contributed by atoms with E-state index in [4.69, 9.17) is 4.74 Å². The fourth-order valence-corrected chi connectivity index (χ4v) is 1.09. The molecule has 0 aromatic heterocycles. The highest BCUT2D eigenvalue weighted by Crippen LogP contribution is 2.19. The number of benzene rings is 1. The minimum atomic E-state index is 0.0417. The predicted octanol–water partition coefficient (Wildman–Crippen LogP) is 3.53. The normalized spacial score (nSPS) is 8.00. The van der Waals surface area contributed by atoms with Crippen LogP contribution >= 0.6 is 37.5 Å². The highest BCUT2D eigenvalue weighted by Gasteiger charge is 1.91. The SMILES string of the molecule is COc1cc[c]c(SC)c1.[Br][Mg][Br]. The minimum Gasteiger partial charge on any atom is -0.497 e. The van der Waals surface area contributed by atoms with Crippen LogP contribution in [0.2, 0.25) is 0 Å². The second kappa shape index (κ2) is 9.64. The zero-order valence-electron chi connectivity index (χ0n) is 7.51. The maximum absolute atomic E-state index is 5.02. The van der Waals surface area contributed by atoms with Gasteiger partial charge < -0.3 is 4.74 Å². The van der Waals surface area contributed by atoms with Crippen molar-refractivity contribution in [3.05, 3.63) is 24.3 Å². The molecule has 0 amide bonds. The third-order valence-corrected chi connectivity index (χ3v) is 1.88. The molecule has 69 valence electrons. The Kier molecular flexibility index (Phi) is 10.5. The van der Waals surface area contributed by atoms with Gasteiger partial charge in [-0.3, -0.25) is 25.8 Å². The topological polar surface area (TPSA) is 9.23 Å². The van der Waals surface area contributed by atoms with Crippen molar-refractivity contribution in [3.63, 3.8) is 0 Å². The zero-order chi connectivity index (χ0) is 10.1. The fraction of sp³-hybridized carbons (Fsp3) is 0.250. The van der Waals surface area contributed by atoms with E-state index in [0.29, 0.717) is 0 Å². The third kappa shape index (κ3) is 7.08. The summed E-state index contributed by atoms with van der Waals surface area (Å²) in [6, 6.07) is 8.79. The highest BCUT2D eigenvalue weighted by molar-refractivity contribution is 9.47. The minimum absolute atomic E-state index is 0.0417. The molecule has 0 saturated heterocycles. The highest BCUT2D eigenvalue weighted by atomic mass is 79.9. The summed E-state index contributed by atoms with van der Waals surface area (Å²) in [6.45, 7) is 0. The molecule has 0 aliphatic rings. The van der Waals surface area contributed by atoms with Gasteiger partial charge in [0.05, 0.1) is 7.11 Å². The van der Waals surface area contributed by atoms with E-state index in [2.05, 4.69) is 31.8 Å². The molecule has 0 spiro atoms. The van der Waals surface area contributed by atoms with Crippen LogP contribution in [0, 0.1) is 6.07 Å². The molecular formula is C8H9Br2MgOS. The molecule has 0 unspecified atom stereocenters. The summed E-state index contributed by atoms with van der Waals surface area (Å²) >= 11 is 8.11. The Hall–Kier alpha value is 1.10. The van der Waals surface area contributed by atoms with Gasteiger partial charge in [-0.15, -0.1) is 11.8 Å². The molecule has 0 fully saturated rings. The third-order valence-electron chi connectivity index (χ3n) is 1.20. The maximum Gasteiger partial charge on any atom is 0.560 e. The van der Waals surface area contributed by atoms with Crippen molar-refractivity contribution in [3.8, 4) is 5.75 Å². The Labute approximate surface area is 105 Å². The molecule has 0 aliphatic carbocycles. The van der Waals surface area contributed by atoms with Gasteiger partial charge in [0, 0.05) is 4.90 Å². The van der Waals surface area contributed by atoms with Crippen molar-refractivity contribution >= 4 is 53.6 Å². The predicted molar refractivity (Wildman–Crippen MR) is 67.2 cm³/mol. The molecular weight excluding hydrogens is 328 g/mol. The molecule has 0 bridgehead atoms. The molecule has 1 aromatic carbocycles. The second-order valence-corrected chi connectivity index (χ2v) is 10.8. The number of hydrogen-bond acceptors (Lipinski definition) is 2. The first-order chi connectivity index (χ1) is 6.28. The second-order valence-electron chi connectivity index (χ2n) is 1.90. The zero-order valence-corrected chi connectivity index (χ0v) is 12.9. The van der Waals surface area contributed by atoms with E-state index in [-0.39, 0.29) is 16.0 Å². The number of rotatable bonds is 2. The largest absolute Gasteiger partial charge is 0.560 e. The van der Waals surface area contributed by atoms with Gasteiger partial charge in [0.2, 0.25) is 0 Å². The number of methoxy groups -OCH3 is 1. The molecule has 5 heteroatoms. The monoisotopic (exact) mass is 335 g/mol. The Balaban J connectivity index is 0.000000424. The van der Waals surface area contributed by atoms with Crippen molar-refractivity contribution < 1.29 is 4.74 Å². The molecule has 0 aliphatic heterocycles. The lowest BCUT2D eigenvalue weighted by atomic mass is 10.3. The van der Waals surface area contributed by atoms with Gasteiger partial charge in [0.25, 0.3) is 0 Å². The summed E-state index contributed by atoms with van der Waals surface area (Å²) in [5.41, 5.74) is 0. The molecule has 1 aromatic rings. The van der Waals surface area contributed by atoms with E-state index in [1.807, 2.05) is 24.5 Å². The molecule has 1 rings (SSSR count). The van der Waals surface area contributed by atoms with Crippen molar-refractivity contribution in [1.29, 1.82) is 0 Å². The maximum atomic E-state index is 5.02. The van der Waals surface area contributed by atoms with E-state index >= 15 is 0 Å². The van der Waals surface area contributed by atoms with Crippen LogP contribution in [-0.4, -0.2) is 29.4 Å². The van der Waals surface area contributed by atoms with E-state index in [1.165, 1.54) is 0 Å². The first-order valence-electron chi connectivity index (χ1n) is 3.50. The van der Waals surface area contributed by atoms with Crippen molar-refractivity contribution in [1.82, 2.24) is 0 Å². The summed E-state index contributed by atoms with van der Waals surface area (Å²) in [6.07, 6.45) is 2.02. The van der Waals surface area contributed by atoms with Gasteiger partial charge in [-0.25, -0.2) is 0 Å². The van der Waals surface area contributed by atoms with Crippen LogP contribution in [0.15, 0.2) is 23.1 Å². The van der Waals surface area contributed by atoms with E-state index < -0.39 is 0 Å². The van der Waals surface area contributed by atoms with Crippen molar-refractivity contribution in [2.45, 2.75) is 4.90 Å². The molecule has 13 heavy (non-hydrogen) atoms. The Morgan fingerprint density at radius 2 is 2.15 bits per heavy atom. The lowest BCUT2D eigenvalue weighted by Crippen LogP contribution is -1.81. The number of halogens is 2. The van der Waals surface area contributed by atoms with Gasteiger partial charge >= 0.3 is 16.0 Å². The first-order valence-corrected chi connectivity index (χ1v) is 12.5. The smallest absolute Gasteiger partial charge is 0.497 e. The number of thioether (sulfide) groups is 1. The molecule has 0 atom stereocenters. The standard InChI is InChI=1S/C8H9OS.2BrH.Mg/c1-9-7-4-3-5-8(6-7)10-2;;;/h3-4,6H,1-2H3;2*1H;/q;;;+2/p-2. The lowest BCUT2D eigenvalue weighted by molar-refractivity contribution is 0.413. The summed E-state index contributed by atoms with van der Waals surface area (Å²) in [5, 5.41) is 0. The lowest BCUT2D eigenvalue weighted by Gasteiger charge is -1.99. The van der Waals surface area contributed by atoms with Gasteiger partial charge in [-0.05, 0) is 30.5 Å². The van der Waals surface area contributed by atoms with Crippen molar-refractivity contribution in [2.75, 3.05) is 13.4 Å². The Morgan fingerprint density at radius 3 is 2.62 bits per heavy atom. The molecule has 0 N–H and O–H groups in total. The first kappa shape index (κ1) is 14.1.